The number of hydrogen-bond donors (Lipinski definition) is 2. The largest absolute Gasteiger partial charge is 0.494 e. The first kappa shape index (κ1) is 19.1. The molecule has 1 aliphatic rings. The zero-order valence-corrected chi connectivity index (χ0v) is 14.9. The van der Waals surface area contributed by atoms with Crippen molar-refractivity contribution in [2.75, 3.05) is 18.2 Å². The summed E-state index contributed by atoms with van der Waals surface area (Å²) in [6.07, 6.45) is 0.542. The van der Waals surface area contributed by atoms with E-state index in [2.05, 4.69) is 5.32 Å². The highest BCUT2D eigenvalue weighted by molar-refractivity contribution is 7.99. The maximum atomic E-state index is 12.2. The van der Waals surface area contributed by atoms with Crippen molar-refractivity contribution < 1.29 is 24.2 Å². The van der Waals surface area contributed by atoms with Crippen LogP contribution in [0.2, 0.25) is 0 Å². The Morgan fingerprint density at radius 2 is 2.04 bits per heavy atom. The van der Waals surface area contributed by atoms with E-state index >= 15 is 0 Å². The molecule has 0 saturated carbocycles. The van der Waals surface area contributed by atoms with Gasteiger partial charge in [-0.25, -0.2) is 0 Å². The fraction of sp³-hybridized carbons (Fsp3) is 0.471. The van der Waals surface area contributed by atoms with Crippen LogP contribution in [0, 0.1) is 0 Å². The zero-order chi connectivity index (χ0) is 18.2. The van der Waals surface area contributed by atoms with Crippen molar-refractivity contribution in [2.24, 2.45) is 0 Å². The van der Waals surface area contributed by atoms with E-state index in [1.807, 2.05) is 12.1 Å². The normalized spacial score (nSPS) is 16.5. The van der Waals surface area contributed by atoms with E-state index in [1.165, 1.54) is 6.92 Å². The SMILES string of the molecule is CC(=O)N1CSC[C@@H]1C(=O)NCc1ccc(OCCCC(=O)O)cc1. The summed E-state index contributed by atoms with van der Waals surface area (Å²) in [5, 5.41) is 11.4. The Kier molecular flexibility index (Phi) is 7.12. The summed E-state index contributed by atoms with van der Waals surface area (Å²) >= 11 is 1.57. The van der Waals surface area contributed by atoms with Crippen LogP contribution in [-0.4, -0.2) is 52.1 Å². The number of amides is 2. The van der Waals surface area contributed by atoms with Gasteiger partial charge in [0.05, 0.1) is 12.5 Å². The van der Waals surface area contributed by atoms with Crippen LogP contribution in [0.3, 0.4) is 0 Å². The quantitative estimate of drug-likeness (QED) is 0.677. The van der Waals surface area contributed by atoms with Gasteiger partial charge in [0, 0.05) is 25.6 Å². The van der Waals surface area contributed by atoms with Gasteiger partial charge in [-0.1, -0.05) is 12.1 Å². The van der Waals surface area contributed by atoms with Gasteiger partial charge in [-0.2, -0.15) is 0 Å². The number of carboxylic acid groups (broad SMARTS) is 1. The second-order valence-electron chi connectivity index (χ2n) is 5.71. The van der Waals surface area contributed by atoms with Gasteiger partial charge in [0.1, 0.15) is 11.8 Å². The average Bonchev–Trinajstić information content (AvgIpc) is 3.07. The molecule has 0 aliphatic carbocycles. The van der Waals surface area contributed by atoms with Crippen LogP contribution in [0.4, 0.5) is 0 Å². The first-order valence-corrected chi connectivity index (χ1v) is 9.19. The van der Waals surface area contributed by atoms with E-state index in [4.69, 9.17) is 9.84 Å². The topological polar surface area (TPSA) is 95.9 Å². The maximum Gasteiger partial charge on any atom is 0.303 e. The number of carboxylic acids is 1. The average molecular weight is 366 g/mol. The number of aliphatic carboxylic acids is 1. The van der Waals surface area contributed by atoms with Gasteiger partial charge in [0.25, 0.3) is 0 Å². The molecule has 1 saturated heterocycles. The molecule has 0 radical (unpaired) electrons. The molecule has 136 valence electrons. The summed E-state index contributed by atoms with van der Waals surface area (Å²) in [7, 11) is 0. The molecule has 7 nitrogen and oxygen atoms in total. The molecule has 2 N–H and O–H groups in total. The highest BCUT2D eigenvalue weighted by atomic mass is 32.2. The molecule has 0 bridgehead atoms. The summed E-state index contributed by atoms with van der Waals surface area (Å²) in [5.41, 5.74) is 0.922. The highest BCUT2D eigenvalue weighted by Crippen LogP contribution is 2.21. The molecule has 1 heterocycles. The third-order valence-electron chi connectivity index (χ3n) is 3.78. The first-order valence-electron chi connectivity index (χ1n) is 8.03. The zero-order valence-electron chi connectivity index (χ0n) is 14.1. The third kappa shape index (κ3) is 5.97. The van der Waals surface area contributed by atoms with Crippen LogP contribution in [-0.2, 0) is 20.9 Å². The minimum Gasteiger partial charge on any atom is -0.494 e. The Balaban J connectivity index is 1.76. The fourth-order valence-corrected chi connectivity index (χ4v) is 3.61. The summed E-state index contributed by atoms with van der Waals surface area (Å²) in [6.45, 7) is 2.20. The predicted molar refractivity (Wildman–Crippen MR) is 94.3 cm³/mol. The molecule has 2 rings (SSSR count). The van der Waals surface area contributed by atoms with Crippen molar-refractivity contribution in [3.05, 3.63) is 29.8 Å². The Labute approximate surface area is 150 Å². The molecule has 1 aromatic rings. The molecule has 0 unspecified atom stereocenters. The monoisotopic (exact) mass is 366 g/mol. The van der Waals surface area contributed by atoms with Crippen molar-refractivity contribution in [2.45, 2.75) is 32.4 Å². The van der Waals surface area contributed by atoms with Gasteiger partial charge in [-0.05, 0) is 24.1 Å². The van der Waals surface area contributed by atoms with Crippen molar-refractivity contribution in [3.8, 4) is 5.75 Å². The molecular formula is C17H22N2O5S. The van der Waals surface area contributed by atoms with Gasteiger partial charge < -0.3 is 20.1 Å². The number of hydrogen-bond acceptors (Lipinski definition) is 5. The van der Waals surface area contributed by atoms with Crippen LogP contribution in [0.1, 0.15) is 25.3 Å². The lowest BCUT2D eigenvalue weighted by Crippen LogP contribution is -2.46. The standard InChI is InChI=1S/C17H22N2O5S/c1-12(20)19-11-25-10-15(19)17(23)18-9-13-4-6-14(7-5-13)24-8-2-3-16(21)22/h4-7,15H,2-3,8-11H2,1H3,(H,18,23)(H,21,22)/t15-/m1/s1. The number of nitrogens with one attached hydrogen (secondary N) is 1. The van der Waals surface area contributed by atoms with Crippen molar-refractivity contribution in [3.63, 3.8) is 0 Å². The third-order valence-corrected chi connectivity index (χ3v) is 4.80. The van der Waals surface area contributed by atoms with Crippen LogP contribution in [0.5, 0.6) is 5.75 Å². The number of nitrogens with zero attached hydrogens (tertiary/aromatic N) is 1. The summed E-state index contributed by atoms with van der Waals surface area (Å²) in [5.74, 6) is 0.772. The Bertz CT molecular complexity index is 620. The molecular weight excluding hydrogens is 344 g/mol. The molecule has 1 aliphatic heterocycles. The number of carbonyl (C=O) groups excluding carboxylic acids is 2. The maximum absolute atomic E-state index is 12.2. The summed E-state index contributed by atoms with van der Waals surface area (Å²) in [6, 6.07) is 6.86. The smallest absolute Gasteiger partial charge is 0.303 e. The Hall–Kier alpha value is -2.22. The van der Waals surface area contributed by atoms with Crippen LogP contribution >= 0.6 is 11.8 Å². The molecule has 0 spiro atoms. The first-order chi connectivity index (χ1) is 12.0. The van der Waals surface area contributed by atoms with E-state index in [0.717, 1.165) is 5.56 Å². The number of benzene rings is 1. The molecule has 0 aromatic heterocycles. The van der Waals surface area contributed by atoms with Crippen LogP contribution in [0.25, 0.3) is 0 Å². The molecule has 2 amide bonds. The second-order valence-corrected chi connectivity index (χ2v) is 6.71. The van der Waals surface area contributed by atoms with Gasteiger partial charge in [0.15, 0.2) is 0 Å². The molecule has 25 heavy (non-hydrogen) atoms. The summed E-state index contributed by atoms with van der Waals surface area (Å²) < 4.78 is 5.46. The number of thioether (sulfide) groups is 1. The Morgan fingerprint density at radius 1 is 1.32 bits per heavy atom. The van der Waals surface area contributed by atoms with Crippen molar-refractivity contribution in [1.82, 2.24) is 10.2 Å². The molecule has 1 aromatic carbocycles. The lowest BCUT2D eigenvalue weighted by molar-refractivity contribution is -0.137. The highest BCUT2D eigenvalue weighted by Gasteiger charge is 2.32. The molecule has 1 fully saturated rings. The van der Waals surface area contributed by atoms with Crippen molar-refractivity contribution >= 4 is 29.5 Å². The van der Waals surface area contributed by atoms with Gasteiger partial charge >= 0.3 is 5.97 Å². The Morgan fingerprint density at radius 3 is 2.68 bits per heavy atom. The van der Waals surface area contributed by atoms with E-state index < -0.39 is 12.0 Å². The van der Waals surface area contributed by atoms with Crippen LogP contribution < -0.4 is 10.1 Å². The predicted octanol–water partition coefficient (Wildman–Crippen LogP) is 1.47. The summed E-state index contributed by atoms with van der Waals surface area (Å²) in [4.78, 5) is 35.7. The van der Waals surface area contributed by atoms with Gasteiger partial charge in [-0.3, -0.25) is 14.4 Å². The van der Waals surface area contributed by atoms with E-state index in [9.17, 15) is 14.4 Å². The van der Waals surface area contributed by atoms with Gasteiger partial charge in [-0.15, -0.1) is 11.8 Å². The molecule has 1 atom stereocenters. The van der Waals surface area contributed by atoms with E-state index in [0.29, 0.717) is 37.0 Å². The lowest BCUT2D eigenvalue weighted by Gasteiger charge is -2.21. The van der Waals surface area contributed by atoms with E-state index in [-0.39, 0.29) is 18.2 Å². The number of ether oxygens (including phenoxy) is 1. The minimum absolute atomic E-state index is 0.0842. The minimum atomic E-state index is -0.835. The fourth-order valence-electron chi connectivity index (χ4n) is 2.39. The van der Waals surface area contributed by atoms with Gasteiger partial charge in [0.2, 0.25) is 11.8 Å². The number of rotatable bonds is 8. The van der Waals surface area contributed by atoms with E-state index in [1.54, 1.807) is 28.8 Å². The number of carbonyl (C=O) groups is 3. The second kappa shape index (κ2) is 9.31. The van der Waals surface area contributed by atoms with Crippen LogP contribution in [0.15, 0.2) is 24.3 Å². The van der Waals surface area contributed by atoms with Crippen molar-refractivity contribution in [1.29, 1.82) is 0 Å². The molecule has 8 heteroatoms. The lowest BCUT2D eigenvalue weighted by atomic mass is 10.2.